The maximum atomic E-state index is 8.05. The third-order valence-electron chi connectivity index (χ3n) is 1.67. The van der Waals surface area contributed by atoms with Crippen LogP contribution in [0.2, 0.25) is 0 Å². The summed E-state index contributed by atoms with van der Waals surface area (Å²) in [6, 6.07) is 7.34. The lowest BCUT2D eigenvalue weighted by Crippen LogP contribution is -1.75. The third kappa shape index (κ3) is 4.41. The van der Waals surface area contributed by atoms with Crippen molar-refractivity contribution in [3.8, 4) is 11.8 Å². The van der Waals surface area contributed by atoms with Crippen molar-refractivity contribution >= 4 is 23.1 Å². The maximum absolute atomic E-state index is 8.05. The van der Waals surface area contributed by atoms with Crippen LogP contribution in [0.15, 0.2) is 34.4 Å². The molecule has 0 amide bonds. The highest BCUT2D eigenvalue weighted by molar-refractivity contribution is 7.78. The second-order valence-corrected chi connectivity index (χ2v) is 2.94. The zero-order valence-corrected chi connectivity index (χ0v) is 9.24. The minimum Gasteiger partial charge on any atom is -0.195 e. The summed E-state index contributed by atoms with van der Waals surface area (Å²) in [5, 5.41) is 5.68. The Balaban J connectivity index is 2.60. The second-order valence-electron chi connectivity index (χ2n) is 2.76. The van der Waals surface area contributed by atoms with Crippen LogP contribution in [-0.4, -0.2) is 11.7 Å². The highest BCUT2D eigenvalue weighted by atomic mass is 32.1. The largest absolute Gasteiger partial charge is 0.195 e. The highest BCUT2D eigenvalue weighted by Crippen LogP contribution is 2.11. The van der Waals surface area contributed by atoms with Gasteiger partial charge in [0.1, 0.15) is 0 Å². The molecule has 0 aliphatic heterocycles. The van der Waals surface area contributed by atoms with Crippen molar-refractivity contribution < 1.29 is 0 Å². The van der Waals surface area contributed by atoms with E-state index in [9.17, 15) is 0 Å². The molecule has 5 heteroatoms. The van der Waals surface area contributed by atoms with Crippen LogP contribution in [0.25, 0.3) is 10.4 Å². The Morgan fingerprint density at radius 3 is 2.69 bits per heavy atom. The minimum absolute atomic E-state index is 0.400. The first-order valence-electron chi connectivity index (χ1n) is 4.54. The monoisotopic (exact) mass is 228 g/mol. The average Bonchev–Trinajstić information content (AvgIpc) is 2.31. The van der Waals surface area contributed by atoms with Crippen molar-refractivity contribution in [2.24, 2.45) is 10.1 Å². The van der Waals surface area contributed by atoms with Crippen molar-refractivity contribution in [2.45, 2.75) is 6.42 Å². The molecule has 4 nitrogen and oxygen atoms in total. The molecular formula is C11H8N4S. The van der Waals surface area contributed by atoms with E-state index in [4.69, 9.17) is 5.53 Å². The van der Waals surface area contributed by atoms with E-state index in [-0.39, 0.29) is 0 Å². The van der Waals surface area contributed by atoms with Crippen molar-refractivity contribution in [3.63, 3.8) is 0 Å². The summed E-state index contributed by atoms with van der Waals surface area (Å²) in [4.78, 5) is 6.47. The van der Waals surface area contributed by atoms with Gasteiger partial charge in [-0.3, -0.25) is 0 Å². The summed E-state index contributed by atoms with van der Waals surface area (Å²) in [5.74, 6) is 5.86. The molecular weight excluding hydrogens is 220 g/mol. The molecule has 0 atom stereocenters. The molecule has 16 heavy (non-hydrogen) atoms. The number of hydrogen-bond acceptors (Lipinski definition) is 3. The standard InChI is InChI=1S/C11H8N4S/c12-15-14-8-2-1-3-10-4-6-11(7-5-10)13-9-16/h4-7H,2,8H2. The van der Waals surface area contributed by atoms with Crippen molar-refractivity contribution in [3.05, 3.63) is 40.3 Å². The predicted octanol–water partition coefficient (Wildman–Crippen LogP) is 3.47. The number of isothiocyanates is 1. The Bertz CT molecular complexity index is 497. The van der Waals surface area contributed by atoms with Crippen LogP contribution >= 0.6 is 12.2 Å². The van der Waals surface area contributed by atoms with E-state index >= 15 is 0 Å². The van der Waals surface area contributed by atoms with Crippen LogP contribution in [0.4, 0.5) is 5.69 Å². The summed E-state index contributed by atoms with van der Waals surface area (Å²) in [6.45, 7) is 0.400. The van der Waals surface area contributed by atoms with Gasteiger partial charge >= 0.3 is 0 Å². The molecule has 0 radical (unpaired) electrons. The van der Waals surface area contributed by atoms with Gasteiger partial charge in [0.25, 0.3) is 0 Å². The number of hydrogen-bond donors (Lipinski definition) is 0. The first-order valence-corrected chi connectivity index (χ1v) is 4.95. The fraction of sp³-hybridized carbons (Fsp3) is 0.182. The van der Waals surface area contributed by atoms with Crippen LogP contribution < -0.4 is 0 Å². The molecule has 0 N–H and O–H groups in total. The number of nitrogens with zero attached hydrogens (tertiary/aromatic N) is 4. The van der Waals surface area contributed by atoms with Gasteiger partial charge < -0.3 is 0 Å². The SMILES string of the molecule is [N-]=[N+]=NCCC#Cc1ccc(N=C=S)cc1. The van der Waals surface area contributed by atoms with E-state index < -0.39 is 0 Å². The number of benzene rings is 1. The zero-order chi connectivity index (χ0) is 11.6. The molecule has 0 bridgehead atoms. The molecule has 1 aromatic rings. The number of rotatable bonds is 3. The smallest absolute Gasteiger partial charge is 0.0740 e. The lowest BCUT2D eigenvalue weighted by atomic mass is 10.2. The average molecular weight is 228 g/mol. The lowest BCUT2D eigenvalue weighted by molar-refractivity contribution is 1.01. The van der Waals surface area contributed by atoms with E-state index in [1.165, 1.54) is 0 Å². The van der Waals surface area contributed by atoms with Crippen molar-refractivity contribution in [1.29, 1.82) is 0 Å². The molecule has 0 saturated heterocycles. The van der Waals surface area contributed by atoms with Gasteiger partial charge in [0.05, 0.1) is 10.8 Å². The molecule has 0 aliphatic rings. The molecule has 0 aromatic heterocycles. The Hall–Kier alpha value is -2.11. The molecule has 0 fully saturated rings. The van der Waals surface area contributed by atoms with Crippen molar-refractivity contribution in [1.82, 2.24) is 0 Å². The van der Waals surface area contributed by atoms with Gasteiger partial charge in [-0.1, -0.05) is 17.0 Å². The Morgan fingerprint density at radius 2 is 2.06 bits per heavy atom. The highest BCUT2D eigenvalue weighted by Gasteiger charge is 1.88. The van der Waals surface area contributed by atoms with Crippen molar-refractivity contribution in [2.75, 3.05) is 6.54 Å². The van der Waals surface area contributed by atoms with Gasteiger partial charge in [-0.15, -0.1) is 0 Å². The Morgan fingerprint density at radius 1 is 1.31 bits per heavy atom. The van der Waals surface area contributed by atoms with Gasteiger partial charge in [-0.2, -0.15) is 4.99 Å². The molecule has 0 spiro atoms. The second kappa shape index (κ2) is 7.22. The molecule has 0 unspecified atom stereocenters. The maximum Gasteiger partial charge on any atom is 0.0740 e. The minimum atomic E-state index is 0.400. The third-order valence-corrected chi connectivity index (χ3v) is 1.77. The summed E-state index contributed by atoms with van der Waals surface area (Å²) in [7, 11) is 0. The molecule has 78 valence electrons. The van der Waals surface area contributed by atoms with E-state index in [0.717, 1.165) is 11.3 Å². The zero-order valence-electron chi connectivity index (χ0n) is 8.42. The van der Waals surface area contributed by atoms with Gasteiger partial charge in [0.2, 0.25) is 0 Å². The van der Waals surface area contributed by atoms with Gasteiger partial charge in [-0.05, 0) is 42.0 Å². The first-order chi connectivity index (χ1) is 7.86. The van der Waals surface area contributed by atoms with Gasteiger partial charge in [0, 0.05) is 23.4 Å². The van der Waals surface area contributed by atoms with Crippen LogP contribution in [-0.2, 0) is 0 Å². The van der Waals surface area contributed by atoms with E-state index in [1.807, 2.05) is 24.3 Å². The number of aliphatic imine (C=N–C) groups is 1. The molecule has 1 aromatic carbocycles. The van der Waals surface area contributed by atoms with Crippen LogP contribution in [0.3, 0.4) is 0 Å². The van der Waals surface area contributed by atoms with E-state index in [0.29, 0.717) is 13.0 Å². The normalized spacial score (nSPS) is 8.00. The quantitative estimate of drug-likeness (QED) is 0.149. The summed E-state index contributed by atoms with van der Waals surface area (Å²) >= 11 is 4.49. The first kappa shape index (κ1) is 12.0. The van der Waals surface area contributed by atoms with Crippen LogP contribution in [0, 0.1) is 11.8 Å². The summed E-state index contributed by atoms with van der Waals surface area (Å²) in [5.41, 5.74) is 9.70. The predicted molar refractivity (Wildman–Crippen MR) is 66.6 cm³/mol. The Labute approximate surface area is 98.6 Å². The van der Waals surface area contributed by atoms with Gasteiger partial charge in [0.15, 0.2) is 0 Å². The molecule has 0 saturated carbocycles. The van der Waals surface area contributed by atoms with E-state index in [1.54, 1.807) is 0 Å². The number of thiocarbonyl (C=S) groups is 1. The Kier molecular flexibility index (Phi) is 5.40. The molecule has 1 rings (SSSR count). The number of azide groups is 1. The van der Waals surface area contributed by atoms with Crippen LogP contribution in [0.5, 0.6) is 0 Å². The molecule has 0 aliphatic carbocycles. The van der Waals surface area contributed by atoms with Gasteiger partial charge in [-0.25, -0.2) is 0 Å². The lowest BCUT2D eigenvalue weighted by Gasteiger charge is -1.91. The molecule has 0 heterocycles. The fourth-order valence-corrected chi connectivity index (χ4v) is 1.09. The topological polar surface area (TPSA) is 61.1 Å². The van der Waals surface area contributed by atoms with Crippen LogP contribution in [0.1, 0.15) is 12.0 Å². The van der Waals surface area contributed by atoms with E-state index in [2.05, 4.69) is 44.2 Å². The summed E-state index contributed by atoms with van der Waals surface area (Å²) < 4.78 is 0. The fourth-order valence-electron chi connectivity index (χ4n) is 0.987. The summed E-state index contributed by atoms with van der Waals surface area (Å²) in [6.07, 6.45) is 0.559.